The van der Waals surface area contributed by atoms with Crippen LogP contribution in [0.2, 0.25) is 0 Å². The number of hydrogen-bond acceptors (Lipinski definition) is 5. The summed E-state index contributed by atoms with van der Waals surface area (Å²) in [5.74, 6) is 2.89. The molecule has 1 aromatic heterocycles. The summed E-state index contributed by atoms with van der Waals surface area (Å²) in [5.41, 5.74) is -0.0590. The summed E-state index contributed by atoms with van der Waals surface area (Å²) in [7, 11) is 0. The molecule has 1 heterocycles. The molecular weight excluding hydrogens is 396 g/mol. The SMILES string of the molecule is CCCCOc1noc(C(=O)NC23CC4CC(CC(C4)C2)C3)c1Sc1ccccc1. The molecule has 1 N–H and O–H groups in total. The van der Waals surface area contributed by atoms with E-state index in [0.717, 1.165) is 54.8 Å². The first kappa shape index (κ1) is 20.0. The van der Waals surface area contributed by atoms with Gasteiger partial charge in [0.1, 0.15) is 4.90 Å². The zero-order valence-electron chi connectivity index (χ0n) is 17.6. The number of carbonyl (C=O) groups excluding carboxylic acids is 1. The van der Waals surface area contributed by atoms with Gasteiger partial charge in [-0.25, -0.2) is 0 Å². The number of carbonyl (C=O) groups is 1. The first-order valence-corrected chi connectivity index (χ1v) is 12.1. The Kier molecular flexibility index (Phi) is 5.52. The third-order valence-electron chi connectivity index (χ3n) is 6.94. The molecule has 0 unspecified atom stereocenters. The Balaban J connectivity index is 1.38. The molecule has 4 aliphatic carbocycles. The van der Waals surface area contributed by atoms with Crippen molar-refractivity contribution in [3.05, 3.63) is 36.1 Å². The molecule has 160 valence electrons. The highest BCUT2D eigenvalue weighted by atomic mass is 32.2. The van der Waals surface area contributed by atoms with Gasteiger partial charge in [-0.1, -0.05) is 43.3 Å². The van der Waals surface area contributed by atoms with Crippen LogP contribution < -0.4 is 10.1 Å². The van der Waals surface area contributed by atoms with E-state index in [1.165, 1.54) is 31.0 Å². The highest BCUT2D eigenvalue weighted by molar-refractivity contribution is 7.99. The molecule has 0 aliphatic heterocycles. The van der Waals surface area contributed by atoms with Crippen molar-refractivity contribution in [1.82, 2.24) is 10.5 Å². The summed E-state index contributed by atoms with van der Waals surface area (Å²) in [5, 5.41) is 7.53. The minimum Gasteiger partial charge on any atom is -0.475 e. The van der Waals surface area contributed by atoms with Gasteiger partial charge in [-0.2, -0.15) is 0 Å². The highest BCUT2D eigenvalue weighted by Gasteiger charge is 2.52. The molecule has 4 fully saturated rings. The van der Waals surface area contributed by atoms with Crippen molar-refractivity contribution in [1.29, 1.82) is 0 Å². The Labute approximate surface area is 182 Å². The molecule has 0 radical (unpaired) electrons. The molecule has 4 aliphatic rings. The first-order valence-electron chi connectivity index (χ1n) is 11.3. The Morgan fingerprint density at radius 1 is 1.17 bits per heavy atom. The molecule has 4 bridgehead atoms. The lowest BCUT2D eigenvalue weighted by molar-refractivity contribution is -0.0173. The quantitative estimate of drug-likeness (QED) is 0.548. The fourth-order valence-corrected chi connectivity index (χ4v) is 7.01. The number of amides is 1. The Bertz CT molecular complexity index is 860. The zero-order valence-corrected chi connectivity index (χ0v) is 18.4. The molecule has 6 heteroatoms. The molecule has 0 spiro atoms. The second-order valence-electron chi connectivity index (χ2n) is 9.42. The third kappa shape index (κ3) is 3.98. The molecule has 30 heavy (non-hydrogen) atoms. The van der Waals surface area contributed by atoms with E-state index in [1.54, 1.807) is 0 Å². The fourth-order valence-electron chi connectivity index (χ4n) is 6.07. The average molecular weight is 427 g/mol. The summed E-state index contributed by atoms with van der Waals surface area (Å²) in [4.78, 5) is 15.1. The van der Waals surface area contributed by atoms with E-state index in [9.17, 15) is 4.79 Å². The van der Waals surface area contributed by atoms with Gasteiger partial charge in [0.15, 0.2) is 0 Å². The number of nitrogens with zero attached hydrogens (tertiary/aromatic N) is 1. The van der Waals surface area contributed by atoms with Gasteiger partial charge in [0.2, 0.25) is 5.76 Å². The van der Waals surface area contributed by atoms with E-state index in [0.29, 0.717) is 17.4 Å². The molecular formula is C24H30N2O3S. The number of unbranched alkanes of at least 4 members (excludes halogenated alkanes) is 1. The lowest BCUT2D eigenvalue weighted by atomic mass is 9.53. The summed E-state index contributed by atoms with van der Waals surface area (Å²) < 4.78 is 11.4. The van der Waals surface area contributed by atoms with Gasteiger partial charge in [-0.05, 0) is 80.0 Å². The predicted octanol–water partition coefficient (Wildman–Crippen LogP) is 5.70. The van der Waals surface area contributed by atoms with Gasteiger partial charge in [-0.15, -0.1) is 0 Å². The van der Waals surface area contributed by atoms with Crippen LogP contribution in [-0.2, 0) is 0 Å². The molecule has 2 aromatic rings. The minimum atomic E-state index is -0.145. The molecule has 5 nitrogen and oxygen atoms in total. The van der Waals surface area contributed by atoms with E-state index >= 15 is 0 Å². The molecule has 0 atom stereocenters. The van der Waals surface area contributed by atoms with Crippen molar-refractivity contribution in [3.8, 4) is 5.88 Å². The Morgan fingerprint density at radius 3 is 2.47 bits per heavy atom. The van der Waals surface area contributed by atoms with Crippen molar-refractivity contribution in [2.45, 2.75) is 73.6 Å². The molecule has 4 saturated carbocycles. The summed E-state index contributed by atoms with van der Waals surface area (Å²) >= 11 is 1.48. The van der Waals surface area contributed by atoms with Crippen LogP contribution in [0.1, 0.15) is 68.8 Å². The van der Waals surface area contributed by atoms with Crippen LogP contribution in [0.25, 0.3) is 0 Å². The van der Waals surface area contributed by atoms with E-state index < -0.39 is 0 Å². The van der Waals surface area contributed by atoms with Gasteiger partial charge in [-0.3, -0.25) is 4.79 Å². The number of ether oxygens (including phenoxy) is 1. The third-order valence-corrected chi connectivity index (χ3v) is 8.02. The maximum atomic E-state index is 13.4. The van der Waals surface area contributed by atoms with Gasteiger partial charge < -0.3 is 14.6 Å². The van der Waals surface area contributed by atoms with Crippen LogP contribution in [0.3, 0.4) is 0 Å². The number of aromatic nitrogens is 1. The number of benzene rings is 1. The van der Waals surface area contributed by atoms with Crippen LogP contribution in [0.4, 0.5) is 0 Å². The summed E-state index contributed by atoms with van der Waals surface area (Å²) in [6.07, 6.45) is 9.36. The molecule has 1 aromatic carbocycles. The van der Waals surface area contributed by atoms with Gasteiger partial charge in [0.25, 0.3) is 11.8 Å². The van der Waals surface area contributed by atoms with E-state index in [-0.39, 0.29) is 17.2 Å². The van der Waals surface area contributed by atoms with Crippen molar-refractivity contribution in [2.75, 3.05) is 6.61 Å². The average Bonchev–Trinajstić information content (AvgIpc) is 3.10. The van der Waals surface area contributed by atoms with Crippen molar-refractivity contribution in [2.24, 2.45) is 17.8 Å². The van der Waals surface area contributed by atoms with Crippen LogP contribution in [0.5, 0.6) is 5.88 Å². The van der Waals surface area contributed by atoms with Gasteiger partial charge in [0.05, 0.1) is 6.61 Å². The zero-order chi connectivity index (χ0) is 20.6. The van der Waals surface area contributed by atoms with Gasteiger partial charge >= 0.3 is 0 Å². The monoisotopic (exact) mass is 426 g/mol. The van der Waals surface area contributed by atoms with Crippen molar-refractivity contribution >= 4 is 17.7 Å². The Morgan fingerprint density at radius 2 is 1.83 bits per heavy atom. The maximum Gasteiger partial charge on any atom is 0.291 e. The van der Waals surface area contributed by atoms with Crippen molar-refractivity contribution < 1.29 is 14.1 Å². The first-order chi connectivity index (χ1) is 14.6. The lowest BCUT2D eigenvalue weighted by Gasteiger charge is -2.56. The molecule has 1 amide bonds. The van der Waals surface area contributed by atoms with E-state index in [2.05, 4.69) is 17.4 Å². The predicted molar refractivity (Wildman–Crippen MR) is 116 cm³/mol. The van der Waals surface area contributed by atoms with Crippen LogP contribution in [0, 0.1) is 17.8 Å². The smallest absolute Gasteiger partial charge is 0.291 e. The number of nitrogens with one attached hydrogen (secondary N) is 1. The van der Waals surface area contributed by atoms with E-state index in [4.69, 9.17) is 9.26 Å². The normalized spacial score (nSPS) is 29.2. The minimum absolute atomic E-state index is 0.0590. The van der Waals surface area contributed by atoms with Crippen LogP contribution in [-0.4, -0.2) is 23.2 Å². The van der Waals surface area contributed by atoms with Crippen LogP contribution >= 0.6 is 11.8 Å². The van der Waals surface area contributed by atoms with Crippen molar-refractivity contribution in [3.63, 3.8) is 0 Å². The number of hydrogen-bond donors (Lipinski definition) is 1. The second-order valence-corrected chi connectivity index (χ2v) is 10.5. The Hall–Kier alpha value is -1.95. The fraction of sp³-hybridized carbons (Fsp3) is 0.583. The largest absolute Gasteiger partial charge is 0.475 e. The highest BCUT2D eigenvalue weighted by Crippen LogP contribution is 2.55. The van der Waals surface area contributed by atoms with Crippen LogP contribution in [0.15, 0.2) is 44.6 Å². The topological polar surface area (TPSA) is 64.4 Å². The summed E-state index contributed by atoms with van der Waals surface area (Å²) in [6.45, 7) is 2.69. The molecule has 6 rings (SSSR count). The van der Waals surface area contributed by atoms with E-state index in [1.807, 2.05) is 30.3 Å². The second kappa shape index (κ2) is 8.29. The maximum absolute atomic E-state index is 13.4. The molecule has 0 saturated heterocycles. The lowest BCUT2D eigenvalue weighted by Crippen LogP contribution is -2.59. The summed E-state index contributed by atoms with van der Waals surface area (Å²) in [6, 6.07) is 10.0. The van der Waals surface area contributed by atoms with Gasteiger partial charge in [0, 0.05) is 10.4 Å². The standard InChI is InChI=1S/C24H30N2O3S/c1-2-3-9-28-23-21(30-19-7-5-4-6-8-19)20(29-26-23)22(27)25-24-13-16-10-17(14-24)12-18(11-16)15-24/h4-8,16-18H,2-3,9-15H2,1H3,(H,25,27). The number of rotatable bonds is 8.